The molecule has 10 heteroatoms. The number of piperazine rings is 1. The van der Waals surface area contributed by atoms with Crippen LogP contribution in [-0.4, -0.2) is 92.8 Å². The highest BCUT2D eigenvalue weighted by molar-refractivity contribution is 7.89. The summed E-state index contributed by atoms with van der Waals surface area (Å²) in [5.74, 6) is -0.0226. The lowest BCUT2D eigenvalue weighted by molar-refractivity contribution is -0.133. The van der Waals surface area contributed by atoms with Crippen molar-refractivity contribution in [3.63, 3.8) is 0 Å². The van der Waals surface area contributed by atoms with E-state index in [0.717, 1.165) is 32.4 Å². The number of nitrogens with zero attached hydrogens (tertiary/aromatic N) is 4. The molecule has 9 nitrogen and oxygen atoms in total. The molecular formula is C24H34N4O5S. The fraction of sp³-hybridized carbons (Fsp3) is 0.667. The van der Waals surface area contributed by atoms with E-state index >= 15 is 0 Å². The molecule has 34 heavy (non-hydrogen) atoms. The molecule has 2 saturated heterocycles. The second-order valence-electron chi connectivity index (χ2n) is 9.72. The Balaban J connectivity index is 1.30. The average molecular weight is 491 g/mol. The van der Waals surface area contributed by atoms with Crippen LogP contribution in [0.25, 0.3) is 0 Å². The summed E-state index contributed by atoms with van der Waals surface area (Å²) in [6.07, 6.45) is 7.80. The standard InChI is InChI=1S/C24H34N4O5S/c29-23(26-14-12-25(13-15-26)19-6-2-3-7-19)17-28-21-16-20(8-9-22(21)33-18-24(28)30)34(31,32)27-10-4-1-5-11-27/h8-9,16,19H,1-7,10-15,17-18H2. The summed E-state index contributed by atoms with van der Waals surface area (Å²) in [6, 6.07) is 5.25. The molecule has 0 aromatic heterocycles. The van der Waals surface area contributed by atoms with Gasteiger partial charge in [-0.05, 0) is 43.9 Å². The van der Waals surface area contributed by atoms with Crippen molar-refractivity contribution in [3.8, 4) is 5.75 Å². The molecule has 186 valence electrons. The van der Waals surface area contributed by atoms with Gasteiger partial charge in [-0.2, -0.15) is 4.31 Å². The second-order valence-corrected chi connectivity index (χ2v) is 11.7. The fourth-order valence-electron chi connectivity index (χ4n) is 5.61. The highest BCUT2D eigenvalue weighted by atomic mass is 32.2. The molecule has 0 atom stereocenters. The van der Waals surface area contributed by atoms with E-state index in [9.17, 15) is 18.0 Å². The van der Waals surface area contributed by atoms with Gasteiger partial charge in [0.15, 0.2) is 6.61 Å². The van der Waals surface area contributed by atoms with Gasteiger partial charge in [0.05, 0.1) is 10.6 Å². The molecule has 0 unspecified atom stereocenters. The molecule has 5 rings (SSSR count). The van der Waals surface area contributed by atoms with Crippen molar-refractivity contribution in [2.45, 2.75) is 55.9 Å². The topological polar surface area (TPSA) is 90.5 Å². The van der Waals surface area contributed by atoms with Crippen LogP contribution in [0.5, 0.6) is 5.75 Å². The number of benzene rings is 1. The van der Waals surface area contributed by atoms with Gasteiger partial charge >= 0.3 is 0 Å². The maximum atomic E-state index is 13.2. The van der Waals surface area contributed by atoms with Crippen LogP contribution in [0.15, 0.2) is 23.1 Å². The van der Waals surface area contributed by atoms with Gasteiger partial charge in [0.2, 0.25) is 15.9 Å². The number of carbonyl (C=O) groups excluding carboxylic acids is 2. The van der Waals surface area contributed by atoms with Gasteiger partial charge in [-0.3, -0.25) is 19.4 Å². The number of carbonyl (C=O) groups is 2. The summed E-state index contributed by atoms with van der Waals surface area (Å²) >= 11 is 0. The van der Waals surface area contributed by atoms with Crippen molar-refractivity contribution in [1.82, 2.24) is 14.1 Å². The van der Waals surface area contributed by atoms with Crippen LogP contribution < -0.4 is 9.64 Å². The Labute approximate surface area is 201 Å². The normalized spacial score (nSPS) is 23.1. The molecule has 0 radical (unpaired) electrons. The van der Waals surface area contributed by atoms with Crippen LogP contribution >= 0.6 is 0 Å². The van der Waals surface area contributed by atoms with Gasteiger partial charge in [-0.15, -0.1) is 0 Å². The minimum Gasteiger partial charge on any atom is -0.482 e. The van der Waals surface area contributed by atoms with Gasteiger partial charge in [0.1, 0.15) is 12.3 Å². The van der Waals surface area contributed by atoms with Crippen molar-refractivity contribution in [3.05, 3.63) is 18.2 Å². The molecule has 4 aliphatic rings. The predicted molar refractivity (Wildman–Crippen MR) is 127 cm³/mol. The Morgan fingerprint density at radius 2 is 1.65 bits per heavy atom. The summed E-state index contributed by atoms with van der Waals surface area (Å²) in [5, 5.41) is 0. The molecule has 3 heterocycles. The average Bonchev–Trinajstić information content (AvgIpc) is 3.41. The molecule has 0 N–H and O–H groups in total. The van der Waals surface area contributed by atoms with Crippen LogP contribution in [0.3, 0.4) is 0 Å². The first-order valence-electron chi connectivity index (χ1n) is 12.5. The number of hydrogen-bond acceptors (Lipinski definition) is 6. The summed E-state index contributed by atoms with van der Waals surface area (Å²) in [5.41, 5.74) is 0.354. The molecule has 1 saturated carbocycles. The lowest BCUT2D eigenvalue weighted by Gasteiger charge is -2.39. The molecule has 0 spiro atoms. The Morgan fingerprint density at radius 3 is 2.35 bits per heavy atom. The number of piperidine rings is 1. The molecule has 0 bridgehead atoms. The minimum atomic E-state index is -3.66. The molecular weight excluding hydrogens is 456 g/mol. The van der Waals surface area contributed by atoms with Crippen molar-refractivity contribution < 1.29 is 22.7 Å². The van der Waals surface area contributed by atoms with E-state index in [1.54, 1.807) is 6.07 Å². The Kier molecular flexibility index (Phi) is 6.81. The molecule has 1 aromatic rings. The van der Waals surface area contributed by atoms with Crippen molar-refractivity contribution in [2.24, 2.45) is 0 Å². The molecule has 1 aromatic carbocycles. The number of rotatable bonds is 5. The molecule has 3 fully saturated rings. The number of anilines is 1. The second kappa shape index (κ2) is 9.83. The van der Waals surface area contributed by atoms with Crippen LogP contribution in [0, 0.1) is 0 Å². The van der Waals surface area contributed by atoms with Gasteiger partial charge in [0.25, 0.3) is 5.91 Å². The third-order valence-electron chi connectivity index (χ3n) is 7.63. The number of ether oxygens (including phenoxy) is 1. The van der Waals surface area contributed by atoms with Gasteiger partial charge in [-0.25, -0.2) is 8.42 Å². The van der Waals surface area contributed by atoms with E-state index < -0.39 is 10.0 Å². The number of hydrogen-bond donors (Lipinski definition) is 0. The number of sulfonamides is 1. The van der Waals surface area contributed by atoms with Crippen molar-refractivity contribution in [2.75, 3.05) is 57.3 Å². The van der Waals surface area contributed by atoms with Crippen LogP contribution in [0.4, 0.5) is 5.69 Å². The predicted octanol–water partition coefficient (Wildman–Crippen LogP) is 1.67. The summed E-state index contributed by atoms with van der Waals surface area (Å²) < 4.78 is 33.4. The quantitative estimate of drug-likeness (QED) is 0.624. The third kappa shape index (κ3) is 4.67. The smallest absolute Gasteiger partial charge is 0.265 e. The van der Waals surface area contributed by atoms with Crippen molar-refractivity contribution >= 4 is 27.5 Å². The van der Waals surface area contributed by atoms with Gasteiger partial charge in [-0.1, -0.05) is 19.3 Å². The SMILES string of the molecule is O=C(CN1C(=O)COc2ccc(S(=O)(=O)N3CCCCC3)cc21)N1CCN(C2CCCC2)CC1. The highest BCUT2D eigenvalue weighted by Crippen LogP contribution is 2.35. The van der Waals surface area contributed by atoms with Gasteiger partial charge < -0.3 is 9.64 Å². The highest BCUT2D eigenvalue weighted by Gasteiger charge is 2.34. The largest absolute Gasteiger partial charge is 0.482 e. The van der Waals surface area contributed by atoms with Crippen LogP contribution in [0.2, 0.25) is 0 Å². The third-order valence-corrected chi connectivity index (χ3v) is 9.52. The lowest BCUT2D eigenvalue weighted by atomic mass is 10.1. The zero-order chi connectivity index (χ0) is 23.7. The number of fused-ring (bicyclic) bond motifs is 1. The van der Waals surface area contributed by atoms with Crippen LogP contribution in [0.1, 0.15) is 44.9 Å². The van der Waals surface area contributed by atoms with E-state index in [0.29, 0.717) is 43.7 Å². The maximum absolute atomic E-state index is 13.2. The van der Waals surface area contributed by atoms with E-state index in [1.807, 2.05) is 4.90 Å². The first kappa shape index (κ1) is 23.6. The number of amides is 2. The first-order chi connectivity index (χ1) is 16.4. The Hall–Kier alpha value is -2.17. The molecule has 1 aliphatic carbocycles. The van der Waals surface area contributed by atoms with E-state index in [1.165, 1.54) is 47.0 Å². The van der Waals surface area contributed by atoms with Crippen molar-refractivity contribution in [1.29, 1.82) is 0 Å². The minimum absolute atomic E-state index is 0.105. The van der Waals surface area contributed by atoms with Crippen LogP contribution in [-0.2, 0) is 19.6 Å². The zero-order valence-electron chi connectivity index (χ0n) is 19.7. The van der Waals surface area contributed by atoms with Gasteiger partial charge in [0, 0.05) is 45.3 Å². The van der Waals surface area contributed by atoms with E-state index in [-0.39, 0.29) is 29.9 Å². The monoisotopic (exact) mass is 490 g/mol. The molecule has 2 amide bonds. The summed E-state index contributed by atoms with van der Waals surface area (Å²) in [6.45, 7) is 3.78. The first-order valence-corrected chi connectivity index (χ1v) is 14.0. The zero-order valence-corrected chi connectivity index (χ0v) is 20.5. The Bertz CT molecular complexity index is 1030. The maximum Gasteiger partial charge on any atom is 0.265 e. The fourth-order valence-corrected chi connectivity index (χ4v) is 7.15. The van der Waals surface area contributed by atoms with E-state index in [2.05, 4.69) is 4.90 Å². The molecule has 3 aliphatic heterocycles. The summed E-state index contributed by atoms with van der Waals surface area (Å²) in [4.78, 5) is 31.7. The van der Waals surface area contributed by atoms with E-state index in [4.69, 9.17) is 4.74 Å². The Morgan fingerprint density at radius 1 is 0.941 bits per heavy atom. The summed E-state index contributed by atoms with van der Waals surface area (Å²) in [7, 11) is -3.66. The lowest BCUT2D eigenvalue weighted by Crippen LogP contribution is -2.54.